The summed E-state index contributed by atoms with van der Waals surface area (Å²) in [7, 11) is 0. The summed E-state index contributed by atoms with van der Waals surface area (Å²) in [5, 5.41) is 0. The van der Waals surface area contributed by atoms with Crippen LogP contribution in [0.1, 0.15) is 45.8 Å². The van der Waals surface area contributed by atoms with E-state index in [0.29, 0.717) is 37.9 Å². The number of hydrogen-bond donors (Lipinski definition) is 1. The van der Waals surface area contributed by atoms with Crippen molar-refractivity contribution in [1.82, 2.24) is 4.90 Å². The van der Waals surface area contributed by atoms with Gasteiger partial charge in [0.1, 0.15) is 5.76 Å². The highest BCUT2D eigenvalue weighted by atomic mass is 16.3. The van der Waals surface area contributed by atoms with Crippen LogP contribution in [0.2, 0.25) is 0 Å². The molecule has 0 saturated carbocycles. The lowest BCUT2D eigenvalue weighted by Gasteiger charge is -2.23. The summed E-state index contributed by atoms with van der Waals surface area (Å²) >= 11 is 0. The van der Waals surface area contributed by atoms with E-state index in [9.17, 15) is 4.79 Å². The maximum atomic E-state index is 12.3. The first-order valence-corrected chi connectivity index (χ1v) is 7.58. The zero-order valence-electron chi connectivity index (χ0n) is 13.0. The minimum Gasteiger partial charge on any atom is -0.467 e. The predicted octanol–water partition coefficient (Wildman–Crippen LogP) is 3.03. The SMILES string of the molecule is CCN(Cc1ccco1)C(=O)CCC(CCN)C(C)C. The van der Waals surface area contributed by atoms with Crippen LogP contribution in [0.15, 0.2) is 22.8 Å². The minimum absolute atomic E-state index is 0.201. The molecule has 4 nitrogen and oxygen atoms in total. The molecule has 2 N–H and O–H groups in total. The van der Waals surface area contributed by atoms with E-state index in [1.54, 1.807) is 6.26 Å². The van der Waals surface area contributed by atoms with Crippen molar-refractivity contribution in [3.63, 3.8) is 0 Å². The molecule has 1 aromatic heterocycles. The summed E-state index contributed by atoms with van der Waals surface area (Å²) in [5.41, 5.74) is 5.64. The van der Waals surface area contributed by atoms with Crippen LogP contribution >= 0.6 is 0 Å². The monoisotopic (exact) mass is 280 g/mol. The maximum absolute atomic E-state index is 12.3. The quantitative estimate of drug-likeness (QED) is 0.756. The number of amides is 1. The van der Waals surface area contributed by atoms with E-state index in [4.69, 9.17) is 10.2 Å². The Balaban J connectivity index is 2.46. The van der Waals surface area contributed by atoms with Crippen molar-refractivity contribution < 1.29 is 9.21 Å². The molecule has 4 heteroatoms. The Morgan fingerprint density at radius 1 is 1.40 bits per heavy atom. The summed E-state index contributed by atoms with van der Waals surface area (Å²) in [6.07, 6.45) is 4.15. The molecule has 0 fully saturated rings. The van der Waals surface area contributed by atoms with Crippen LogP contribution in [-0.2, 0) is 11.3 Å². The second kappa shape index (κ2) is 8.80. The standard InChI is InChI=1S/C16H28N2O2/c1-4-18(12-15-6-5-11-20-15)16(19)8-7-14(9-10-17)13(2)3/h5-6,11,13-14H,4,7-10,12,17H2,1-3H3. The Bertz CT molecular complexity index is 374. The molecule has 0 aliphatic heterocycles. The van der Waals surface area contributed by atoms with E-state index >= 15 is 0 Å². The third-order valence-electron chi connectivity index (χ3n) is 3.87. The van der Waals surface area contributed by atoms with Crippen LogP contribution in [0.4, 0.5) is 0 Å². The topological polar surface area (TPSA) is 59.5 Å². The fraction of sp³-hybridized carbons (Fsp3) is 0.688. The van der Waals surface area contributed by atoms with Gasteiger partial charge in [0.15, 0.2) is 0 Å². The van der Waals surface area contributed by atoms with Gasteiger partial charge in [0.05, 0.1) is 12.8 Å². The van der Waals surface area contributed by atoms with Crippen molar-refractivity contribution in [3.8, 4) is 0 Å². The predicted molar refractivity (Wildman–Crippen MR) is 81.0 cm³/mol. The van der Waals surface area contributed by atoms with E-state index in [1.807, 2.05) is 24.0 Å². The molecule has 0 aliphatic carbocycles. The van der Waals surface area contributed by atoms with Gasteiger partial charge in [-0.15, -0.1) is 0 Å². The summed E-state index contributed by atoms with van der Waals surface area (Å²) in [5.74, 6) is 2.15. The molecule has 0 aliphatic rings. The second-order valence-electron chi connectivity index (χ2n) is 5.61. The fourth-order valence-corrected chi connectivity index (χ4v) is 2.46. The molecule has 0 bridgehead atoms. The fourth-order valence-electron chi connectivity index (χ4n) is 2.46. The van der Waals surface area contributed by atoms with Crippen LogP contribution in [0.25, 0.3) is 0 Å². The maximum Gasteiger partial charge on any atom is 0.222 e. The lowest BCUT2D eigenvalue weighted by molar-refractivity contribution is -0.132. The third kappa shape index (κ3) is 5.37. The van der Waals surface area contributed by atoms with Gasteiger partial charge in [-0.25, -0.2) is 0 Å². The van der Waals surface area contributed by atoms with Crippen molar-refractivity contribution in [3.05, 3.63) is 24.2 Å². The normalized spacial score (nSPS) is 12.7. The van der Waals surface area contributed by atoms with Gasteiger partial charge in [-0.1, -0.05) is 13.8 Å². The van der Waals surface area contributed by atoms with E-state index < -0.39 is 0 Å². The van der Waals surface area contributed by atoms with Crippen molar-refractivity contribution in [2.45, 2.75) is 46.6 Å². The summed E-state index contributed by atoms with van der Waals surface area (Å²) in [6.45, 7) is 8.37. The molecule has 114 valence electrons. The number of nitrogens with zero attached hydrogens (tertiary/aromatic N) is 1. The summed E-state index contributed by atoms with van der Waals surface area (Å²) in [6, 6.07) is 3.75. The lowest BCUT2D eigenvalue weighted by Crippen LogP contribution is -2.30. The number of furan rings is 1. The zero-order valence-corrected chi connectivity index (χ0v) is 13.0. The highest BCUT2D eigenvalue weighted by molar-refractivity contribution is 5.76. The van der Waals surface area contributed by atoms with E-state index in [-0.39, 0.29) is 5.91 Å². The number of hydrogen-bond acceptors (Lipinski definition) is 3. The molecule has 1 amide bonds. The first kappa shape index (κ1) is 16.8. The van der Waals surface area contributed by atoms with E-state index in [1.165, 1.54) is 0 Å². The van der Waals surface area contributed by atoms with Crippen LogP contribution in [0.3, 0.4) is 0 Å². The number of carbonyl (C=O) groups is 1. The number of nitrogens with two attached hydrogens (primary N) is 1. The molecule has 1 aromatic rings. The van der Waals surface area contributed by atoms with Gasteiger partial charge < -0.3 is 15.1 Å². The van der Waals surface area contributed by atoms with E-state index in [2.05, 4.69) is 13.8 Å². The molecule has 1 heterocycles. The van der Waals surface area contributed by atoms with Gasteiger partial charge in [-0.05, 0) is 50.3 Å². The number of carbonyl (C=O) groups excluding carboxylic acids is 1. The molecule has 0 saturated heterocycles. The van der Waals surface area contributed by atoms with Gasteiger partial charge >= 0.3 is 0 Å². The highest BCUT2D eigenvalue weighted by Gasteiger charge is 2.18. The highest BCUT2D eigenvalue weighted by Crippen LogP contribution is 2.21. The number of rotatable bonds is 9. The second-order valence-corrected chi connectivity index (χ2v) is 5.61. The van der Waals surface area contributed by atoms with Crippen LogP contribution in [-0.4, -0.2) is 23.9 Å². The first-order chi connectivity index (χ1) is 9.58. The Kier molecular flexibility index (Phi) is 7.37. The van der Waals surface area contributed by atoms with E-state index in [0.717, 1.165) is 18.6 Å². The van der Waals surface area contributed by atoms with Crippen LogP contribution in [0.5, 0.6) is 0 Å². The van der Waals surface area contributed by atoms with Crippen molar-refractivity contribution >= 4 is 5.91 Å². The Hall–Kier alpha value is -1.29. The molecule has 0 radical (unpaired) electrons. The zero-order chi connectivity index (χ0) is 15.0. The van der Waals surface area contributed by atoms with Crippen molar-refractivity contribution in [2.24, 2.45) is 17.6 Å². The van der Waals surface area contributed by atoms with Gasteiger partial charge in [-0.3, -0.25) is 4.79 Å². The van der Waals surface area contributed by atoms with Gasteiger partial charge in [-0.2, -0.15) is 0 Å². The molecule has 1 unspecified atom stereocenters. The Labute approximate surface area is 122 Å². The Morgan fingerprint density at radius 2 is 2.15 bits per heavy atom. The largest absolute Gasteiger partial charge is 0.467 e. The van der Waals surface area contributed by atoms with Gasteiger partial charge in [0.25, 0.3) is 0 Å². The molecular weight excluding hydrogens is 252 g/mol. The molecule has 20 heavy (non-hydrogen) atoms. The van der Waals surface area contributed by atoms with Gasteiger partial charge in [0, 0.05) is 13.0 Å². The average Bonchev–Trinajstić information content (AvgIpc) is 2.93. The minimum atomic E-state index is 0.201. The smallest absolute Gasteiger partial charge is 0.222 e. The summed E-state index contributed by atoms with van der Waals surface area (Å²) in [4.78, 5) is 14.1. The van der Waals surface area contributed by atoms with Crippen molar-refractivity contribution in [2.75, 3.05) is 13.1 Å². The summed E-state index contributed by atoms with van der Waals surface area (Å²) < 4.78 is 5.31. The van der Waals surface area contributed by atoms with Crippen LogP contribution in [0, 0.1) is 11.8 Å². The molecule has 1 atom stereocenters. The molecule has 0 spiro atoms. The van der Waals surface area contributed by atoms with Gasteiger partial charge in [0.2, 0.25) is 5.91 Å². The Morgan fingerprint density at radius 3 is 2.65 bits per heavy atom. The molecule has 1 rings (SSSR count). The average molecular weight is 280 g/mol. The first-order valence-electron chi connectivity index (χ1n) is 7.58. The lowest BCUT2D eigenvalue weighted by atomic mass is 9.88. The molecular formula is C16H28N2O2. The molecule has 0 aromatic carbocycles. The van der Waals surface area contributed by atoms with Crippen LogP contribution < -0.4 is 5.73 Å². The van der Waals surface area contributed by atoms with Crippen molar-refractivity contribution in [1.29, 1.82) is 0 Å². The third-order valence-corrected chi connectivity index (χ3v) is 3.87.